The quantitative estimate of drug-likeness (QED) is 0.529. The lowest BCUT2D eigenvalue weighted by Gasteiger charge is -2.59. The first-order valence-corrected chi connectivity index (χ1v) is 12.7. The smallest absolute Gasteiger partial charge is 0.303 e. The second kappa shape index (κ2) is 9.58. The maximum absolute atomic E-state index is 13.3. The van der Waals surface area contributed by atoms with Crippen LogP contribution in [0.3, 0.4) is 0 Å². The number of piperidine rings is 1. The number of esters is 1. The monoisotopic (exact) mass is 486 g/mol. The number of amides is 1. The van der Waals surface area contributed by atoms with Crippen LogP contribution in [0.1, 0.15) is 48.5 Å². The average molecular weight is 487 g/mol. The van der Waals surface area contributed by atoms with E-state index in [-0.39, 0.29) is 17.9 Å². The SMILES string of the molecule is COc1cccc([C@@]23CCN(C)C[C@@]2(OC(C)=O)CC[C@@H](NC(=O)c2ccc4ccccc4c2)C3)c1. The van der Waals surface area contributed by atoms with E-state index in [4.69, 9.17) is 9.47 Å². The third-order valence-electron chi connectivity index (χ3n) is 8.12. The van der Waals surface area contributed by atoms with Crippen molar-refractivity contribution in [3.8, 4) is 5.75 Å². The molecule has 0 spiro atoms. The van der Waals surface area contributed by atoms with Gasteiger partial charge in [-0.1, -0.05) is 42.5 Å². The standard InChI is InChI=1S/C30H34N2O4/c1-21(33)36-30-14-13-26(31-28(34)24-12-11-22-7-4-5-8-23(22)17-24)19-29(30,15-16-32(2)20-30)25-9-6-10-27(18-25)35-3/h4-12,17-18,26H,13-16,19-20H2,1-3H3,(H,31,34)/t26-,29+,30+/m1/s1. The minimum atomic E-state index is -0.664. The summed E-state index contributed by atoms with van der Waals surface area (Å²) < 4.78 is 11.8. The molecule has 0 bridgehead atoms. The number of nitrogens with zero attached hydrogens (tertiary/aromatic N) is 1. The van der Waals surface area contributed by atoms with Gasteiger partial charge in [0.05, 0.1) is 7.11 Å². The lowest BCUT2D eigenvalue weighted by atomic mass is 9.55. The van der Waals surface area contributed by atoms with Crippen LogP contribution in [0, 0.1) is 0 Å². The molecule has 0 radical (unpaired) electrons. The highest BCUT2D eigenvalue weighted by molar-refractivity contribution is 5.98. The molecule has 1 saturated heterocycles. The van der Waals surface area contributed by atoms with Crippen LogP contribution in [-0.4, -0.2) is 55.7 Å². The summed E-state index contributed by atoms with van der Waals surface area (Å²) in [5.41, 5.74) is 0.659. The minimum absolute atomic E-state index is 0.0396. The summed E-state index contributed by atoms with van der Waals surface area (Å²) in [6.07, 6.45) is 2.94. The summed E-state index contributed by atoms with van der Waals surface area (Å²) >= 11 is 0. The number of methoxy groups -OCH3 is 1. The number of carbonyl (C=O) groups is 2. The topological polar surface area (TPSA) is 67.9 Å². The van der Waals surface area contributed by atoms with Crippen LogP contribution in [0.5, 0.6) is 5.75 Å². The van der Waals surface area contributed by atoms with Crippen molar-refractivity contribution in [3.63, 3.8) is 0 Å². The third-order valence-corrected chi connectivity index (χ3v) is 8.12. The lowest BCUT2D eigenvalue weighted by molar-refractivity contribution is -0.185. The molecule has 0 unspecified atom stereocenters. The fourth-order valence-corrected chi connectivity index (χ4v) is 6.44. The minimum Gasteiger partial charge on any atom is -0.497 e. The van der Waals surface area contributed by atoms with E-state index >= 15 is 0 Å². The molecule has 1 N–H and O–H groups in total. The van der Waals surface area contributed by atoms with E-state index in [1.807, 2.05) is 54.6 Å². The largest absolute Gasteiger partial charge is 0.497 e. The molecule has 3 atom stereocenters. The van der Waals surface area contributed by atoms with Crippen molar-refractivity contribution < 1.29 is 19.1 Å². The molecule has 3 aromatic carbocycles. The van der Waals surface area contributed by atoms with Crippen molar-refractivity contribution in [1.29, 1.82) is 0 Å². The molecule has 1 saturated carbocycles. The summed E-state index contributed by atoms with van der Waals surface area (Å²) in [5.74, 6) is 0.440. The first-order chi connectivity index (χ1) is 17.3. The van der Waals surface area contributed by atoms with E-state index in [1.165, 1.54) is 6.92 Å². The first kappa shape index (κ1) is 24.3. The number of hydrogen-bond acceptors (Lipinski definition) is 5. The van der Waals surface area contributed by atoms with E-state index in [0.29, 0.717) is 24.9 Å². The average Bonchev–Trinajstić information content (AvgIpc) is 2.88. The Labute approximate surface area is 212 Å². The van der Waals surface area contributed by atoms with Crippen LogP contribution in [-0.2, 0) is 14.9 Å². The third kappa shape index (κ3) is 4.35. The number of likely N-dealkylation sites (N-methyl/N-ethyl adjacent to an activating group) is 1. The molecule has 1 aliphatic carbocycles. The second-order valence-electron chi connectivity index (χ2n) is 10.4. The zero-order chi connectivity index (χ0) is 25.3. The van der Waals surface area contributed by atoms with Gasteiger partial charge >= 0.3 is 5.97 Å². The molecule has 5 rings (SSSR count). The van der Waals surface area contributed by atoms with E-state index < -0.39 is 11.0 Å². The van der Waals surface area contributed by atoms with E-state index in [9.17, 15) is 9.59 Å². The number of nitrogens with one attached hydrogen (secondary N) is 1. The molecule has 0 aromatic heterocycles. The first-order valence-electron chi connectivity index (χ1n) is 12.7. The molecular weight excluding hydrogens is 452 g/mol. The Morgan fingerprint density at radius 3 is 2.58 bits per heavy atom. The number of rotatable bonds is 5. The molecular formula is C30H34N2O4. The molecule has 188 valence electrons. The Morgan fingerprint density at radius 1 is 1.00 bits per heavy atom. The van der Waals surface area contributed by atoms with Gasteiger partial charge in [-0.3, -0.25) is 9.59 Å². The van der Waals surface area contributed by atoms with Crippen LogP contribution in [0.25, 0.3) is 10.8 Å². The molecule has 36 heavy (non-hydrogen) atoms. The molecule has 6 nitrogen and oxygen atoms in total. The number of likely N-dealkylation sites (tertiary alicyclic amines) is 1. The summed E-state index contributed by atoms with van der Waals surface area (Å²) in [7, 11) is 3.74. The van der Waals surface area contributed by atoms with Gasteiger partial charge < -0.3 is 19.7 Å². The fraction of sp³-hybridized carbons (Fsp3) is 0.400. The highest BCUT2D eigenvalue weighted by Crippen LogP contribution is 2.54. The Morgan fingerprint density at radius 2 is 1.81 bits per heavy atom. The summed E-state index contributed by atoms with van der Waals surface area (Å²) in [4.78, 5) is 28.0. The van der Waals surface area contributed by atoms with Gasteiger partial charge in [-0.25, -0.2) is 0 Å². The molecule has 1 amide bonds. The van der Waals surface area contributed by atoms with Crippen molar-refractivity contribution in [2.45, 2.75) is 49.7 Å². The number of carbonyl (C=O) groups excluding carboxylic acids is 2. The molecule has 2 aliphatic rings. The number of ether oxygens (including phenoxy) is 2. The maximum Gasteiger partial charge on any atom is 0.303 e. The van der Waals surface area contributed by atoms with Crippen molar-refractivity contribution in [1.82, 2.24) is 10.2 Å². The van der Waals surface area contributed by atoms with Crippen molar-refractivity contribution >= 4 is 22.6 Å². The van der Waals surface area contributed by atoms with E-state index in [1.54, 1.807) is 7.11 Å². The second-order valence-corrected chi connectivity index (χ2v) is 10.4. The Hall–Kier alpha value is -3.38. The molecule has 2 fully saturated rings. The Bertz CT molecular complexity index is 1290. The summed E-state index contributed by atoms with van der Waals surface area (Å²) in [5, 5.41) is 5.47. The highest BCUT2D eigenvalue weighted by atomic mass is 16.6. The van der Waals surface area contributed by atoms with Gasteiger partial charge in [0.2, 0.25) is 0 Å². The van der Waals surface area contributed by atoms with Gasteiger partial charge in [0.1, 0.15) is 11.4 Å². The predicted molar refractivity (Wildman–Crippen MR) is 140 cm³/mol. The Kier molecular flexibility index (Phi) is 6.47. The molecule has 6 heteroatoms. The van der Waals surface area contributed by atoms with Crippen LogP contribution in [0.4, 0.5) is 0 Å². The molecule has 1 heterocycles. The number of benzene rings is 3. The van der Waals surface area contributed by atoms with Gasteiger partial charge in [0, 0.05) is 30.5 Å². The molecule has 1 aliphatic heterocycles. The fourth-order valence-electron chi connectivity index (χ4n) is 6.44. The van der Waals surface area contributed by atoms with Crippen molar-refractivity contribution in [3.05, 3.63) is 77.9 Å². The van der Waals surface area contributed by atoms with E-state index in [2.05, 4.69) is 29.4 Å². The highest BCUT2D eigenvalue weighted by Gasteiger charge is 2.60. The van der Waals surface area contributed by atoms with Gasteiger partial charge in [-0.05, 0) is 79.9 Å². The van der Waals surface area contributed by atoms with Gasteiger partial charge in [0.15, 0.2) is 0 Å². The normalized spacial score (nSPS) is 26.1. The van der Waals surface area contributed by atoms with Crippen molar-refractivity contribution in [2.24, 2.45) is 0 Å². The van der Waals surface area contributed by atoms with Crippen LogP contribution >= 0.6 is 0 Å². The Balaban J connectivity index is 1.49. The van der Waals surface area contributed by atoms with Crippen LogP contribution < -0.4 is 10.1 Å². The van der Waals surface area contributed by atoms with E-state index in [0.717, 1.165) is 41.5 Å². The van der Waals surface area contributed by atoms with Gasteiger partial charge in [0.25, 0.3) is 5.91 Å². The number of fused-ring (bicyclic) bond motifs is 2. The lowest BCUT2D eigenvalue weighted by Crippen LogP contribution is -2.68. The summed E-state index contributed by atoms with van der Waals surface area (Å²) in [6.45, 7) is 3.04. The van der Waals surface area contributed by atoms with Gasteiger partial charge in [-0.15, -0.1) is 0 Å². The maximum atomic E-state index is 13.3. The van der Waals surface area contributed by atoms with Crippen molar-refractivity contribution in [2.75, 3.05) is 27.2 Å². The van der Waals surface area contributed by atoms with Crippen LogP contribution in [0.2, 0.25) is 0 Å². The molecule has 3 aromatic rings. The van der Waals surface area contributed by atoms with Gasteiger partial charge in [-0.2, -0.15) is 0 Å². The zero-order valence-corrected chi connectivity index (χ0v) is 21.3. The van der Waals surface area contributed by atoms with Crippen LogP contribution in [0.15, 0.2) is 66.7 Å². The number of hydrogen-bond donors (Lipinski definition) is 1. The predicted octanol–water partition coefficient (Wildman–Crippen LogP) is 4.71. The summed E-state index contributed by atoms with van der Waals surface area (Å²) in [6, 6.07) is 21.9. The zero-order valence-electron chi connectivity index (χ0n) is 21.3.